The lowest BCUT2D eigenvalue weighted by Crippen LogP contribution is -2.51. The first-order valence-corrected chi connectivity index (χ1v) is 3.48. The van der Waals surface area contributed by atoms with Crippen LogP contribution in [0, 0.1) is 0 Å². The van der Waals surface area contributed by atoms with Gasteiger partial charge in [0.15, 0.2) is 5.81 Å². The molecule has 0 aliphatic carbocycles. The van der Waals surface area contributed by atoms with Crippen molar-refractivity contribution >= 4 is 13.7 Å². The van der Waals surface area contributed by atoms with Crippen molar-refractivity contribution in [3.8, 4) is 0 Å². The highest BCUT2D eigenvalue weighted by Crippen LogP contribution is 1.97. The minimum Gasteiger partial charge on any atom is -0.350 e. The van der Waals surface area contributed by atoms with Gasteiger partial charge < -0.3 is 10.2 Å². The minimum atomic E-state index is -0.312. The maximum atomic E-state index is 10.6. The van der Waals surface area contributed by atoms with Crippen molar-refractivity contribution in [2.24, 2.45) is 0 Å². The first-order chi connectivity index (χ1) is 4.70. The zero-order valence-corrected chi connectivity index (χ0v) is 6.13. The summed E-state index contributed by atoms with van der Waals surface area (Å²) >= 11 is 0. The molecule has 4 heteroatoms. The molecule has 1 rings (SSSR count). The highest BCUT2D eigenvalue weighted by atomic mass is 16.1. The summed E-state index contributed by atoms with van der Waals surface area (Å²) in [5.74, 6) is -0.312. The molecule has 0 aromatic rings. The van der Waals surface area contributed by atoms with Gasteiger partial charge in [-0.2, -0.15) is 0 Å². The molecule has 54 valence electrons. The summed E-state index contributed by atoms with van der Waals surface area (Å²) in [6, 6.07) is 0.376. The van der Waals surface area contributed by atoms with Gasteiger partial charge in [-0.25, -0.2) is 0 Å². The lowest BCUT2D eigenvalue weighted by molar-refractivity contribution is 0.202. The van der Waals surface area contributed by atoms with Gasteiger partial charge in [-0.1, -0.05) is 0 Å². The van der Waals surface area contributed by atoms with Crippen LogP contribution in [0.25, 0.3) is 0 Å². The Kier molecular flexibility index (Phi) is 2.32. The van der Waals surface area contributed by atoms with Gasteiger partial charge in [0.2, 0.25) is 7.85 Å². The van der Waals surface area contributed by atoms with Crippen LogP contribution < -0.4 is 5.32 Å². The van der Waals surface area contributed by atoms with Crippen LogP contribution in [0.3, 0.4) is 0 Å². The molecule has 0 spiro atoms. The fourth-order valence-corrected chi connectivity index (χ4v) is 1.13. The molecule has 10 heavy (non-hydrogen) atoms. The highest BCUT2D eigenvalue weighted by molar-refractivity contribution is 6.56. The van der Waals surface area contributed by atoms with Gasteiger partial charge in [0.1, 0.15) is 0 Å². The number of amides is 1. The number of carbonyl (C=O) groups excluding carboxylic acids is 1. The summed E-state index contributed by atoms with van der Waals surface area (Å²) in [7, 11) is 5.09. The van der Waals surface area contributed by atoms with Gasteiger partial charge in [-0.05, 0) is 6.92 Å². The Morgan fingerprint density at radius 1 is 1.80 bits per heavy atom. The standard InChI is InChI=1S/C6H11BN2O/c1-5-4-9(6(7)10)3-2-8-5/h5,8H,2-4H2,1H3/t5-/m0/s1. The van der Waals surface area contributed by atoms with Crippen LogP contribution in [0.5, 0.6) is 0 Å². The zero-order valence-electron chi connectivity index (χ0n) is 6.13. The molecular weight excluding hydrogens is 127 g/mol. The lowest BCUT2D eigenvalue weighted by Gasteiger charge is -2.31. The van der Waals surface area contributed by atoms with E-state index in [4.69, 9.17) is 7.85 Å². The van der Waals surface area contributed by atoms with E-state index < -0.39 is 0 Å². The van der Waals surface area contributed by atoms with E-state index in [2.05, 4.69) is 5.32 Å². The van der Waals surface area contributed by atoms with Gasteiger partial charge in [0.25, 0.3) is 0 Å². The summed E-state index contributed by atoms with van der Waals surface area (Å²) in [6.07, 6.45) is 0. The molecular formula is C6H11BN2O. The highest BCUT2D eigenvalue weighted by Gasteiger charge is 2.16. The maximum Gasteiger partial charge on any atom is 0.200 e. The number of hydrogen-bond donors (Lipinski definition) is 1. The average molecular weight is 138 g/mol. The van der Waals surface area contributed by atoms with Crippen LogP contribution in [-0.2, 0) is 0 Å². The summed E-state index contributed by atoms with van der Waals surface area (Å²) in [5, 5.41) is 3.22. The van der Waals surface area contributed by atoms with Gasteiger partial charge in [-0.15, -0.1) is 0 Å². The Morgan fingerprint density at radius 2 is 2.50 bits per heavy atom. The van der Waals surface area contributed by atoms with Crippen molar-refractivity contribution in [3.05, 3.63) is 0 Å². The number of piperazine rings is 1. The molecule has 0 saturated carbocycles. The number of rotatable bonds is 0. The zero-order chi connectivity index (χ0) is 7.56. The third kappa shape index (κ3) is 1.74. The molecule has 0 aromatic carbocycles. The van der Waals surface area contributed by atoms with Crippen LogP contribution in [0.1, 0.15) is 6.92 Å². The topological polar surface area (TPSA) is 32.3 Å². The molecule has 1 amide bonds. The first-order valence-electron chi connectivity index (χ1n) is 3.48. The lowest BCUT2D eigenvalue weighted by atomic mass is 10.1. The molecule has 1 atom stereocenters. The van der Waals surface area contributed by atoms with Crippen molar-refractivity contribution in [2.75, 3.05) is 19.6 Å². The van der Waals surface area contributed by atoms with E-state index in [1.54, 1.807) is 4.90 Å². The Morgan fingerprint density at radius 3 is 2.90 bits per heavy atom. The second kappa shape index (κ2) is 3.06. The predicted octanol–water partition coefficient (Wildman–Crippen LogP) is -0.431. The molecule has 1 aliphatic heterocycles. The monoisotopic (exact) mass is 138 g/mol. The second-order valence-electron chi connectivity index (χ2n) is 2.64. The summed E-state index contributed by atoms with van der Waals surface area (Å²) in [6.45, 7) is 4.36. The van der Waals surface area contributed by atoms with E-state index in [9.17, 15) is 4.79 Å². The van der Waals surface area contributed by atoms with Gasteiger partial charge in [-0.3, -0.25) is 4.79 Å². The van der Waals surface area contributed by atoms with Crippen LogP contribution in [-0.4, -0.2) is 44.2 Å². The Bertz CT molecular complexity index is 140. The quantitative estimate of drug-likeness (QED) is 0.460. The molecule has 3 nitrogen and oxygen atoms in total. The molecule has 2 radical (unpaired) electrons. The molecule has 1 heterocycles. The van der Waals surface area contributed by atoms with Crippen molar-refractivity contribution in [1.82, 2.24) is 10.2 Å². The van der Waals surface area contributed by atoms with Crippen LogP contribution >= 0.6 is 0 Å². The molecule has 0 unspecified atom stereocenters. The molecule has 1 N–H and O–H groups in total. The number of nitrogens with one attached hydrogen (secondary N) is 1. The molecule has 1 fully saturated rings. The van der Waals surface area contributed by atoms with E-state index in [1.807, 2.05) is 6.92 Å². The van der Waals surface area contributed by atoms with Crippen LogP contribution in [0.4, 0.5) is 4.79 Å². The Balaban J connectivity index is 2.39. The smallest absolute Gasteiger partial charge is 0.200 e. The second-order valence-corrected chi connectivity index (χ2v) is 2.64. The van der Waals surface area contributed by atoms with Gasteiger partial charge >= 0.3 is 0 Å². The third-order valence-electron chi connectivity index (χ3n) is 1.68. The fraction of sp³-hybridized carbons (Fsp3) is 0.833. The largest absolute Gasteiger partial charge is 0.350 e. The number of hydrogen-bond acceptors (Lipinski definition) is 2. The average Bonchev–Trinajstić information content (AvgIpc) is 1.88. The van der Waals surface area contributed by atoms with E-state index in [0.717, 1.165) is 19.6 Å². The van der Waals surface area contributed by atoms with Crippen LogP contribution in [0.2, 0.25) is 0 Å². The Labute approximate surface area is 62.2 Å². The van der Waals surface area contributed by atoms with Crippen LogP contribution in [0.15, 0.2) is 0 Å². The van der Waals surface area contributed by atoms with Gasteiger partial charge in [0, 0.05) is 25.7 Å². The van der Waals surface area contributed by atoms with Crippen molar-refractivity contribution in [2.45, 2.75) is 13.0 Å². The van der Waals surface area contributed by atoms with Crippen molar-refractivity contribution in [3.63, 3.8) is 0 Å². The number of nitrogens with zero attached hydrogens (tertiary/aromatic N) is 1. The van der Waals surface area contributed by atoms with E-state index in [-0.39, 0.29) is 5.81 Å². The summed E-state index contributed by atoms with van der Waals surface area (Å²) in [4.78, 5) is 12.3. The van der Waals surface area contributed by atoms with E-state index in [1.165, 1.54) is 0 Å². The van der Waals surface area contributed by atoms with Gasteiger partial charge in [0.05, 0.1) is 0 Å². The summed E-state index contributed by atoms with van der Waals surface area (Å²) < 4.78 is 0. The maximum absolute atomic E-state index is 10.6. The molecule has 0 bridgehead atoms. The number of carbonyl (C=O) groups is 1. The summed E-state index contributed by atoms with van der Waals surface area (Å²) in [5.41, 5.74) is 0. The molecule has 0 aromatic heterocycles. The normalized spacial score (nSPS) is 26.5. The molecule has 1 aliphatic rings. The Hall–Kier alpha value is -0.505. The van der Waals surface area contributed by atoms with E-state index in [0.29, 0.717) is 6.04 Å². The SMILES string of the molecule is [B]C(=O)N1CCN[C@@H](C)C1. The van der Waals surface area contributed by atoms with Crippen molar-refractivity contribution in [1.29, 1.82) is 0 Å². The fourth-order valence-electron chi connectivity index (χ4n) is 1.13. The minimum absolute atomic E-state index is 0.312. The third-order valence-corrected chi connectivity index (χ3v) is 1.68. The van der Waals surface area contributed by atoms with Crippen molar-refractivity contribution < 1.29 is 4.79 Å². The molecule has 1 saturated heterocycles. The predicted molar refractivity (Wildman–Crippen MR) is 40.2 cm³/mol. The first kappa shape index (κ1) is 7.60. The van der Waals surface area contributed by atoms with E-state index >= 15 is 0 Å².